The van der Waals surface area contributed by atoms with Gasteiger partial charge in [0.2, 0.25) is 10.0 Å². The van der Waals surface area contributed by atoms with Gasteiger partial charge in [0.25, 0.3) is 0 Å². The molecule has 0 aliphatic heterocycles. The van der Waals surface area contributed by atoms with Crippen LogP contribution in [0.15, 0.2) is 17.2 Å². The molecule has 2 N–H and O–H groups in total. The monoisotopic (exact) mass is 286 g/mol. The summed E-state index contributed by atoms with van der Waals surface area (Å²) in [5.74, 6) is -0.906. The number of rotatable bonds is 6. The molecule has 7 heteroatoms. The number of nitrogens with one attached hydrogen (secondary N) is 1. The molecule has 1 saturated carbocycles. The van der Waals surface area contributed by atoms with Crippen molar-refractivity contribution < 1.29 is 18.3 Å². The van der Waals surface area contributed by atoms with Gasteiger partial charge in [0.05, 0.1) is 0 Å². The predicted molar refractivity (Wildman–Crippen MR) is 69.7 cm³/mol. The third-order valence-electron chi connectivity index (χ3n) is 2.97. The molecule has 1 aromatic rings. The Labute approximate surface area is 112 Å². The lowest BCUT2D eigenvalue weighted by atomic mass is 10.2. The quantitative estimate of drug-likeness (QED) is 0.828. The first-order valence-electron chi connectivity index (χ1n) is 6.26. The topological polar surface area (TPSA) is 88.4 Å². The average molecular weight is 286 g/mol. The molecule has 1 aromatic heterocycles. The van der Waals surface area contributed by atoms with Crippen LogP contribution < -0.4 is 4.72 Å². The zero-order valence-corrected chi connectivity index (χ0v) is 11.8. The van der Waals surface area contributed by atoms with Crippen molar-refractivity contribution >= 4 is 16.0 Å². The fraction of sp³-hybridized carbons (Fsp3) is 0.583. The van der Waals surface area contributed by atoms with Crippen LogP contribution in [0.4, 0.5) is 0 Å². The molecule has 6 nitrogen and oxygen atoms in total. The van der Waals surface area contributed by atoms with Crippen LogP contribution in [0.25, 0.3) is 0 Å². The van der Waals surface area contributed by atoms with Crippen molar-refractivity contribution in [3.05, 3.63) is 18.0 Å². The zero-order chi connectivity index (χ0) is 14.2. The lowest BCUT2D eigenvalue weighted by Gasteiger charge is -2.07. The molecule has 2 rings (SSSR count). The van der Waals surface area contributed by atoms with E-state index >= 15 is 0 Å². The molecular weight excluding hydrogens is 268 g/mol. The Hall–Kier alpha value is -1.34. The summed E-state index contributed by atoms with van der Waals surface area (Å²) >= 11 is 0. The third-order valence-corrected chi connectivity index (χ3v) is 4.37. The van der Waals surface area contributed by atoms with Gasteiger partial charge in [-0.05, 0) is 24.8 Å². The Bertz CT molecular complexity index is 585. The summed E-state index contributed by atoms with van der Waals surface area (Å²) in [5, 5.41) is 9.10. The maximum Gasteiger partial charge on any atom is 0.352 e. The minimum Gasteiger partial charge on any atom is -0.477 e. The van der Waals surface area contributed by atoms with Gasteiger partial charge < -0.3 is 9.67 Å². The fourth-order valence-corrected chi connectivity index (χ4v) is 3.03. The SMILES string of the molecule is CC(C)CNS(=O)(=O)c1cc(C(=O)O)n(C2CC2)c1. The second-order valence-corrected chi connectivity index (χ2v) is 7.02. The molecule has 1 heterocycles. The fourth-order valence-electron chi connectivity index (χ4n) is 1.79. The van der Waals surface area contributed by atoms with Crippen molar-refractivity contribution in [1.29, 1.82) is 0 Å². The van der Waals surface area contributed by atoms with Crippen LogP contribution in [0.5, 0.6) is 0 Å². The van der Waals surface area contributed by atoms with Crippen LogP contribution in [0.1, 0.15) is 43.2 Å². The van der Waals surface area contributed by atoms with Crippen molar-refractivity contribution in [3.63, 3.8) is 0 Å². The van der Waals surface area contributed by atoms with Gasteiger partial charge in [-0.15, -0.1) is 0 Å². The average Bonchev–Trinajstić information content (AvgIpc) is 3.04. The molecule has 106 valence electrons. The second kappa shape index (κ2) is 4.97. The highest BCUT2D eigenvalue weighted by atomic mass is 32.2. The summed E-state index contributed by atoms with van der Waals surface area (Å²) in [6.07, 6.45) is 3.21. The maximum atomic E-state index is 12.1. The largest absolute Gasteiger partial charge is 0.477 e. The lowest BCUT2D eigenvalue weighted by molar-refractivity contribution is 0.0685. The molecule has 0 saturated heterocycles. The summed E-state index contributed by atoms with van der Waals surface area (Å²) in [6.45, 7) is 4.14. The minimum atomic E-state index is -3.63. The van der Waals surface area contributed by atoms with Gasteiger partial charge in [-0.1, -0.05) is 13.8 Å². The molecule has 0 atom stereocenters. The molecule has 19 heavy (non-hydrogen) atoms. The Balaban J connectivity index is 2.29. The van der Waals surface area contributed by atoms with E-state index in [9.17, 15) is 13.2 Å². The molecule has 0 aromatic carbocycles. The van der Waals surface area contributed by atoms with E-state index in [4.69, 9.17) is 5.11 Å². The van der Waals surface area contributed by atoms with Crippen LogP contribution in [-0.4, -0.2) is 30.6 Å². The van der Waals surface area contributed by atoms with Crippen molar-refractivity contribution in [2.24, 2.45) is 5.92 Å². The van der Waals surface area contributed by atoms with Gasteiger partial charge in [0.1, 0.15) is 10.6 Å². The normalized spacial score (nSPS) is 15.9. The lowest BCUT2D eigenvalue weighted by Crippen LogP contribution is -2.27. The summed E-state index contributed by atoms with van der Waals surface area (Å²) in [4.78, 5) is 11.1. The van der Waals surface area contributed by atoms with E-state index in [0.29, 0.717) is 6.54 Å². The van der Waals surface area contributed by atoms with Crippen molar-refractivity contribution in [2.75, 3.05) is 6.54 Å². The van der Waals surface area contributed by atoms with Gasteiger partial charge in [0, 0.05) is 18.8 Å². The van der Waals surface area contributed by atoms with E-state index in [1.54, 1.807) is 4.57 Å². The molecule has 0 amide bonds. The van der Waals surface area contributed by atoms with E-state index in [2.05, 4.69) is 4.72 Å². The molecule has 0 spiro atoms. The van der Waals surface area contributed by atoms with E-state index in [0.717, 1.165) is 12.8 Å². The number of carbonyl (C=O) groups is 1. The second-order valence-electron chi connectivity index (χ2n) is 5.25. The Morgan fingerprint density at radius 3 is 2.63 bits per heavy atom. The smallest absolute Gasteiger partial charge is 0.352 e. The highest BCUT2D eigenvalue weighted by Crippen LogP contribution is 2.37. The summed E-state index contributed by atoms with van der Waals surface area (Å²) in [6, 6.07) is 1.35. The predicted octanol–water partition coefficient (Wildman–Crippen LogP) is 1.46. The summed E-state index contributed by atoms with van der Waals surface area (Å²) < 4.78 is 28.1. The van der Waals surface area contributed by atoms with Gasteiger partial charge >= 0.3 is 5.97 Å². The number of aromatic nitrogens is 1. The Morgan fingerprint density at radius 2 is 2.16 bits per heavy atom. The Kier molecular flexibility index (Phi) is 3.69. The number of sulfonamides is 1. The summed E-state index contributed by atoms with van der Waals surface area (Å²) in [5.41, 5.74) is 0.0346. The van der Waals surface area contributed by atoms with Crippen LogP contribution in [0, 0.1) is 5.92 Å². The molecule has 1 aliphatic rings. The first kappa shape index (κ1) is 14.1. The number of hydrogen-bond acceptors (Lipinski definition) is 3. The van der Waals surface area contributed by atoms with E-state index in [-0.39, 0.29) is 22.5 Å². The van der Waals surface area contributed by atoms with E-state index in [1.807, 2.05) is 13.8 Å². The molecule has 1 aliphatic carbocycles. The highest BCUT2D eigenvalue weighted by Gasteiger charge is 2.30. The number of carboxylic acid groups (broad SMARTS) is 1. The number of hydrogen-bond donors (Lipinski definition) is 2. The van der Waals surface area contributed by atoms with Gasteiger partial charge in [-0.3, -0.25) is 0 Å². The van der Waals surface area contributed by atoms with Gasteiger partial charge in [0.15, 0.2) is 0 Å². The molecule has 0 unspecified atom stereocenters. The van der Waals surface area contributed by atoms with Crippen LogP contribution >= 0.6 is 0 Å². The molecular formula is C12H18N2O4S. The van der Waals surface area contributed by atoms with Crippen LogP contribution in [0.3, 0.4) is 0 Å². The molecule has 0 bridgehead atoms. The van der Waals surface area contributed by atoms with Crippen molar-refractivity contribution in [2.45, 2.75) is 37.6 Å². The number of nitrogens with zero attached hydrogens (tertiary/aromatic N) is 1. The summed E-state index contributed by atoms with van der Waals surface area (Å²) in [7, 11) is -3.63. The van der Waals surface area contributed by atoms with Gasteiger partial charge in [-0.25, -0.2) is 17.9 Å². The Morgan fingerprint density at radius 1 is 1.53 bits per heavy atom. The van der Waals surface area contributed by atoms with Crippen molar-refractivity contribution in [3.8, 4) is 0 Å². The minimum absolute atomic E-state index is 0.0254. The first-order chi connectivity index (χ1) is 8.81. The zero-order valence-electron chi connectivity index (χ0n) is 11.0. The number of aromatic carboxylic acids is 1. The first-order valence-corrected chi connectivity index (χ1v) is 7.74. The van der Waals surface area contributed by atoms with E-state index in [1.165, 1.54) is 12.3 Å². The van der Waals surface area contributed by atoms with Gasteiger partial charge in [-0.2, -0.15) is 0 Å². The van der Waals surface area contributed by atoms with Crippen LogP contribution in [0.2, 0.25) is 0 Å². The molecule has 0 radical (unpaired) electrons. The standard InChI is InChI=1S/C12H18N2O4S/c1-8(2)6-13-19(17,18)10-5-11(12(15)16)14(7-10)9-3-4-9/h5,7-9,13H,3-4,6H2,1-2H3,(H,15,16). The van der Waals surface area contributed by atoms with E-state index < -0.39 is 16.0 Å². The third kappa shape index (κ3) is 3.16. The highest BCUT2D eigenvalue weighted by molar-refractivity contribution is 7.89. The molecule has 1 fully saturated rings. The van der Waals surface area contributed by atoms with Crippen LogP contribution in [-0.2, 0) is 10.0 Å². The number of carboxylic acids is 1. The maximum absolute atomic E-state index is 12.1. The van der Waals surface area contributed by atoms with Crippen molar-refractivity contribution in [1.82, 2.24) is 9.29 Å².